The summed E-state index contributed by atoms with van der Waals surface area (Å²) < 4.78 is 0. The summed E-state index contributed by atoms with van der Waals surface area (Å²) in [5.41, 5.74) is 8.16. The fraction of sp³-hybridized carbons (Fsp3) is 0.0909. The third-order valence-corrected chi connectivity index (χ3v) is 2.25. The predicted molar refractivity (Wildman–Crippen MR) is 61.5 cm³/mol. The number of aromatic amines is 1. The summed E-state index contributed by atoms with van der Waals surface area (Å²) in [5.74, 6) is 0.571. The van der Waals surface area contributed by atoms with Crippen LogP contribution in [0.1, 0.15) is 11.1 Å². The second kappa shape index (κ2) is 4.36. The van der Waals surface area contributed by atoms with E-state index in [-0.39, 0.29) is 0 Å². The molecule has 1 aromatic heterocycles. The number of nitrogens with one attached hydrogen (secondary N) is 2. The van der Waals surface area contributed by atoms with Crippen LogP contribution >= 0.6 is 0 Å². The van der Waals surface area contributed by atoms with Gasteiger partial charge in [0, 0.05) is 17.8 Å². The highest BCUT2D eigenvalue weighted by molar-refractivity contribution is 5.49. The van der Waals surface area contributed by atoms with Crippen LogP contribution in [0.4, 0.5) is 11.5 Å². The molecular formula is C11H11N5. The summed E-state index contributed by atoms with van der Waals surface area (Å²) in [5, 5.41) is 18.3. The maximum Gasteiger partial charge on any atom is 0.123 e. The molecule has 0 unspecified atom stereocenters. The van der Waals surface area contributed by atoms with Gasteiger partial charge in [-0.05, 0) is 24.3 Å². The molecule has 1 heterocycles. The Labute approximate surface area is 92.9 Å². The number of H-pyrrole nitrogens is 1. The van der Waals surface area contributed by atoms with Crippen molar-refractivity contribution >= 4 is 11.5 Å². The first kappa shape index (κ1) is 10.1. The number of nitrogens with two attached hydrogens (primary N) is 1. The summed E-state index contributed by atoms with van der Waals surface area (Å²) in [6.07, 6.45) is 1.69. The van der Waals surface area contributed by atoms with Crippen LogP contribution in [0.25, 0.3) is 0 Å². The van der Waals surface area contributed by atoms with Gasteiger partial charge in [-0.2, -0.15) is 10.4 Å². The summed E-state index contributed by atoms with van der Waals surface area (Å²) in [6, 6.07) is 9.31. The molecule has 80 valence electrons. The van der Waals surface area contributed by atoms with Crippen LogP contribution in [0.2, 0.25) is 0 Å². The van der Waals surface area contributed by atoms with Gasteiger partial charge in [-0.15, -0.1) is 0 Å². The van der Waals surface area contributed by atoms with Gasteiger partial charge in [0.05, 0.1) is 17.8 Å². The molecule has 2 rings (SSSR count). The fourth-order valence-electron chi connectivity index (χ4n) is 1.32. The van der Waals surface area contributed by atoms with Crippen molar-refractivity contribution in [2.75, 3.05) is 11.1 Å². The maximum absolute atomic E-state index is 8.65. The van der Waals surface area contributed by atoms with Crippen molar-refractivity contribution in [2.45, 2.75) is 6.54 Å². The maximum atomic E-state index is 8.65. The number of nitriles is 1. The second-order valence-electron chi connectivity index (χ2n) is 3.35. The quantitative estimate of drug-likeness (QED) is 0.720. The number of hydrogen-bond acceptors (Lipinski definition) is 4. The van der Waals surface area contributed by atoms with Crippen molar-refractivity contribution in [3.63, 3.8) is 0 Å². The molecule has 4 N–H and O–H groups in total. The van der Waals surface area contributed by atoms with E-state index < -0.39 is 0 Å². The van der Waals surface area contributed by atoms with Crippen LogP contribution in [-0.2, 0) is 6.54 Å². The minimum atomic E-state index is 0.571. The molecule has 5 heteroatoms. The Morgan fingerprint density at radius 2 is 2.12 bits per heavy atom. The standard InChI is InChI=1S/C11H11N5/c12-5-8-1-3-10(4-2-8)14-6-9-7-15-16-11(9)13/h1-4,7,14H,6H2,(H3,13,15,16). The highest BCUT2D eigenvalue weighted by Crippen LogP contribution is 2.12. The lowest BCUT2D eigenvalue weighted by Gasteiger charge is -2.04. The third kappa shape index (κ3) is 2.12. The Balaban J connectivity index is 2.00. The Hall–Kier alpha value is -2.48. The average molecular weight is 213 g/mol. The minimum Gasteiger partial charge on any atom is -0.384 e. The summed E-state index contributed by atoms with van der Waals surface area (Å²) in [6.45, 7) is 0.605. The molecule has 0 spiro atoms. The molecule has 5 nitrogen and oxygen atoms in total. The van der Waals surface area contributed by atoms with E-state index in [0.717, 1.165) is 11.3 Å². The monoisotopic (exact) mass is 213 g/mol. The first-order chi connectivity index (χ1) is 7.79. The van der Waals surface area contributed by atoms with Gasteiger partial charge in [-0.25, -0.2) is 0 Å². The summed E-state index contributed by atoms with van der Waals surface area (Å²) in [4.78, 5) is 0. The average Bonchev–Trinajstić information content (AvgIpc) is 2.73. The second-order valence-corrected chi connectivity index (χ2v) is 3.35. The molecular weight excluding hydrogens is 202 g/mol. The Morgan fingerprint density at radius 1 is 1.38 bits per heavy atom. The van der Waals surface area contributed by atoms with E-state index in [1.165, 1.54) is 0 Å². The molecule has 0 aliphatic heterocycles. The van der Waals surface area contributed by atoms with E-state index in [4.69, 9.17) is 11.0 Å². The minimum absolute atomic E-state index is 0.571. The van der Waals surface area contributed by atoms with Crippen molar-refractivity contribution < 1.29 is 0 Å². The molecule has 0 saturated carbocycles. The van der Waals surface area contributed by atoms with Gasteiger partial charge in [-0.3, -0.25) is 5.10 Å². The number of rotatable bonds is 3. The number of hydrogen-bond donors (Lipinski definition) is 3. The predicted octanol–water partition coefficient (Wildman–Crippen LogP) is 1.48. The number of nitrogen functional groups attached to an aromatic ring is 1. The smallest absolute Gasteiger partial charge is 0.123 e. The van der Waals surface area contributed by atoms with Crippen LogP contribution in [0.3, 0.4) is 0 Å². The van der Waals surface area contributed by atoms with Gasteiger partial charge in [0.2, 0.25) is 0 Å². The highest BCUT2D eigenvalue weighted by atomic mass is 15.1. The SMILES string of the molecule is N#Cc1ccc(NCc2cn[nH]c2N)cc1. The summed E-state index contributed by atoms with van der Waals surface area (Å²) in [7, 11) is 0. The molecule has 0 atom stereocenters. The number of aromatic nitrogens is 2. The fourth-order valence-corrected chi connectivity index (χ4v) is 1.32. The highest BCUT2D eigenvalue weighted by Gasteiger charge is 2.00. The van der Waals surface area contributed by atoms with Crippen molar-refractivity contribution in [1.29, 1.82) is 5.26 Å². The van der Waals surface area contributed by atoms with Crippen molar-refractivity contribution in [2.24, 2.45) is 0 Å². The summed E-state index contributed by atoms with van der Waals surface area (Å²) >= 11 is 0. The largest absolute Gasteiger partial charge is 0.384 e. The Bertz CT molecular complexity index is 506. The first-order valence-corrected chi connectivity index (χ1v) is 4.81. The molecule has 0 aliphatic rings. The molecule has 0 aliphatic carbocycles. The molecule has 0 bridgehead atoms. The van der Waals surface area contributed by atoms with Gasteiger partial charge in [-0.1, -0.05) is 0 Å². The molecule has 1 aromatic carbocycles. The molecule has 0 saturated heterocycles. The Morgan fingerprint density at radius 3 is 2.69 bits per heavy atom. The van der Waals surface area contributed by atoms with E-state index >= 15 is 0 Å². The Kier molecular flexibility index (Phi) is 2.74. The van der Waals surface area contributed by atoms with Crippen LogP contribution < -0.4 is 11.1 Å². The zero-order valence-corrected chi connectivity index (χ0v) is 8.57. The van der Waals surface area contributed by atoms with Crippen LogP contribution in [0.15, 0.2) is 30.5 Å². The van der Waals surface area contributed by atoms with Crippen molar-refractivity contribution in [3.05, 3.63) is 41.6 Å². The number of benzene rings is 1. The molecule has 0 fully saturated rings. The topological polar surface area (TPSA) is 90.5 Å². The third-order valence-electron chi connectivity index (χ3n) is 2.25. The lowest BCUT2D eigenvalue weighted by atomic mass is 10.2. The molecule has 16 heavy (non-hydrogen) atoms. The van der Waals surface area contributed by atoms with E-state index in [9.17, 15) is 0 Å². The lowest BCUT2D eigenvalue weighted by Crippen LogP contribution is -2.01. The molecule has 2 aromatic rings. The molecule has 0 radical (unpaired) electrons. The van der Waals surface area contributed by atoms with Gasteiger partial charge in [0.25, 0.3) is 0 Å². The number of anilines is 2. The van der Waals surface area contributed by atoms with Gasteiger partial charge < -0.3 is 11.1 Å². The normalized spacial score (nSPS) is 9.69. The zero-order valence-electron chi connectivity index (χ0n) is 8.57. The van der Waals surface area contributed by atoms with Crippen LogP contribution in [0, 0.1) is 11.3 Å². The van der Waals surface area contributed by atoms with Gasteiger partial charge in [0.1, 0.15) is 5.82 Å². The first-order valence-electron chi connectivity index (χ1n) is 4.81. The van der Waals surface area contributed by atoms with Crippen molar-refractivity contribution in [1.82, 2.24) is 10.2 Å². The lowest BCUT2D eigenvalue weighted by molar-refractivity contribution is 1.10. The van der Waals surface area contributed by atoms with E-state index in [1.807, 2.05) is 12.1 Å². The van der Waals surface area contributed by atoms with Crippen LogP contribution in [-0.4, -0.2) is 10.2 Å². The molecule has 0 amide bonds. The van der Waals surface area contributed by atoms with E-state index in [0.29, 0.717) is 17.9 Å². The van der Waals surface area contributed by atoms with E-state index in [1.54, 1.807) is 18.3 Å². The van der Waals surface area contributed by atoms with Gasteiger partial charge >= 0.3 is 0 Å². The van der Waals surface area contributed by atoms with E-state index in [2.05, 4.69) is 21.6 Å². The van der Waals surface area contributed by atoms with Crippen LogP contribution in [0.5, 0.6) is 0 Å². The number of nitrogens with zero attached hydrogens (tertiary/aromatic N) is 2. The van der Waals surface area contributed by atoms with Gasteiger partial charge in [0.15, 0.2) is 0 Å². The van der Waals surface area contributed by atoms with Crippen molar-refractivity contribution in [3.8, 4) is 6.07 Å². The zero-order chi connectivity index (χ0) is 11.4.